The van der Waals surface area contributed by atoms with Crippen molar-refractivity contribution in [3.05, 3.63) is 29.8 Å². The zero-order valence-corrected chi connectivity index (χ0v) is 16.7. The highest BCUT2D eigenvalue weighted by atomic mass is 16.5. The zero-order chi connectivity index (χ0) is 19.3. The number of hydrogen-bond acceptors (Lipinski definition) is 3. The average molecular weight is 360 g/mol. The topological polar surface area (TPSA) is 49.9 Å². The number of carbonyl (C=O) groups is 2. The fraction of sp³-hybridized carbons (Fsp3) is 0.619. The van der Waals surface area contributed by atoms with Crippen molar-refractivity contribution in [1.82, 2.24) is 9.80 Å². The maximum Gasteiger partial charge on any atom is 0.226 e. The first kappa shape index (κ1) is 20.3. The van der Waals surface area contributed by atoms with Gasteiger partial charge in [0, 0.05) is 31.5 Å². The molecule has 5 heteroatoms. The monoisotopic (exact) mass is 360 g/mol. The minimum atomic E-state index is -0.00192. The Balaban J connectivity index is 2.03. The molecule has 1 aromatic rings. The number of methoxy groups -OCH3 is 1. The molecule has 1 unspecified atom stereocenters. The third-order valence-corrected chi connectivity index (χ3v) is 5.32. The van der Waals surface area contributed by atoms with Gasteiger partial charge in [-0.15, -0.1) is 0 Å². The summed E-state index contributed by atoms with van der Waals surface area (Å²) in [6.07, 6.45) is 1.50. The Kier molecular flexibility index (Phi) is 7.06. The van der Waals surface area contributed by atoms with E-state index in [1.165, 1.54) is 0 Å². The highest BCUT2D eigenvalue weighted by molar-refractivity contribution is 5.81. The molecule has 144 valence electrons. The quantitative estimate of drug-likeness (QED) is 0.780. The molecule has 1 aliphatic rings. The van der Waals surface area contributed by atoms with Crippen LogP contribution in [0.1, 0.15) is 52.1 Å². The molecule has 1 atom stereocenters. The number of rotatable bonds is 6. The SMILES string of the molecule is CCN(C(=O)C1CCN(C(=O)C(C)C)CC1)C(C)c1cccc(OC)c1. The van der Waals surface area contributed by atoms with Gasteiger partial charge in [0.15, 0.2) is 0 Å². The second kappa shape index (κ2) is 9.06. The highest BCUT2D eigenvalue weighted by Crippen LogP contribution is 2.28. The molecule has 0 N–H and O–H groups in total. The van der Waals surface area contributed by atoms with Crippen LogP contribution in [-0.4, -0.2) is 48.4 Å². The highest BCUT2D eigenvalue weighted by Gasteiger charge is 2.32. The Morgan fingerprint density at radius 2 is 1.88 bits per heavy atom. The van der Waals surface area contributed by atoms with Crippen molar-refractivity contribution in [2.24, 2.45) is 11.8 Å². The summed E-state index contributed by atoms with van der Waals surface area (Å²) in [5.41, 5.74) is 1.08. The van der Waals surface area contributed by atoms with E-state index in [2.05, 4.69) is 6.92 Å². The fourth-order valence-electron chi connectivity index (χ4n) is 3.65. The van der Waals surface area contributed by atoms with Crippen LogP contribution < -0.4 is 4.74 Å². The molecule has 0 radical (unpaired) electrons. The lowest BCUT2D eigenvalue weighted by molar-refractivity contribution is -0.143. The van der Waals surface area contributed by atoms with Crippen LogP contribution in [0.4, 0.5) is 0 Å². The van der Waals surface area contributed by atoms with Crippen LogP contribution in [0.3, 0.4) is 0 Å². The molecule has 26 heavy (non-hydrogen) atoms. The number of carbonyl (C=O) groups excluding carboxylic acids is 2. The second-order valence-corrected chi connectivity index (χ2v) is 7.33. The van der Waals surface area contributed by atoms with E-state index in [0.717, 1.165) is 24.2 Å². The van der Waals surface area contributed by atoms with Gasteiger partial charge in [-0.3, -0.25) is 9.59 Å². The number of ether oxygens (including phenoxy) is 1. The lowest BCUT2D eigenvalue weighted by Gasteiger charge is -2.37. The lowest BCUT2D eigenvalue weighted by Crippen LogP contribution is -2.46. The van der Waals surface area contributed by atoms with Crippen molar-refractivity contribution in [3.63, 3.8) is 0 Å². The van der Waals surface area contributed by atoms with Crippen LogP contribution in [0.15, 0.2) is 24.3 Å². The van der Waals surface area contributed by atoms with Crippen LogP contribution in [0.5, 0.6) is 5.75 Å². The summed E-state index contributed by atoms with van der Waals surface area (Å²) >= 11 is 0. The lowest BCUT2D eigenvalue weighted by atomic mass is 9.93. The number of hydrogen-bond donors (Lipinski definition) is 0. The first-order valence-corrected chi connectivity index (χ1v) is 9.62. The minimum Gasteiger partial charge on any atom is -0.497 e. The zero-order valence-electron chi connectivity index (χ0n) is 16.7. The smallest absolute Gasteiger partial charge is 0.226 e. The molecule has 0 aromatic heterocycles. The van der Waals surface area contributed by atoms with Gasteiger partial charge >= 0.3 is 0 Å². The first-order valence-electron chi connectivity index (χ1n) is 9.62. The third kappa shape index (κ3) is 4.57. The molecule has 0 bridgehead atoms. The largest absolute Gasteiger partial charge is 0.497 e. The van der Waals surface area contributed by atoms with Crippen LogP contribution in [0.2, 0.25) is 0 Å². The van der Waals surface area contributed by atoms with E-state index in [0.29, 0.717) is 19.6 Å². The molecule has 0 saturated carbocycles. The summed E-state index contributed by atoms with van der Waals surface area (Å²) in [6, 6.07) is 7.89. The van der Waals surface area contributed by atoms with E-state index >= 15 is 0 Å². The van der Waals surface area contributed by atoms with Gasteiger partial charge in [0.2, 0.25) is 11.8 Å². The van der Waals surface area contributed by atoms with Crippen LogP contribution >= 0.6 is 0 Å². The van der Waals surface area contributed by atoms with Gasteiger partial charge in [0.05, 0.1) is 13.2 Å². The molecule has 5 nitrogen and oxygen atoms in total. The summed E-state index contributed by atoms with van der Waals surface area (Å²) in [4.78, 5) is 29.1. The van der Waals surface area contributed by atoms with E-state index in [9.17, 15) is 9.59 Å². The van der Waals surface area contributed by atoms with Crippen molar-refractivity contribution >= 4 is 11.8 Å². The molecule has 1 saturated heterocycles. The summed E-state index contributed by atoms with van der Waals surface area (Å²) in [5.74, 6) is 1.20. The molecule has 2 amide bonds. The van der Waals surface area contributed by atoms with Gasteiger partial charge in [0.25, 0.3) is 0 Å². The van der Waals surface area contributed by atoms with E-state index in [1.807, 2.05) is 54.8 Å². The van der Waals surface area contributed by atoms with Crippen molar-refractivity contribution in [3.8, 4) is 5.75 Å². The van der Waals surface area contributed by atoms with Gasteiger partial charge in [-0.05, 0) is 44.4 Å². The Bertz CT molecular complexity index is 621. The van der Waals surface area contributed by atoms with Crippen molar-refractivity contribution in [2.75, 3.05) is 26.7 Å². The maximum absolute atomic E-state index is 13.1. The summed E-state index contributed by atoms with van der Waals surface area (Å²) < 4.78 is 5.31. The van der Waals surface area contributed by atoms with E-state index < -0.39 is 0 Å². The normalized spacial score (nSPS) is 16.5. The van der Waals surface area contributed by atoms with Gasteiger partial charge in [-0.1, -0.05) is 26.0 Å². The van der Waals surface area contributed by atoms with Crippen LogP contribution in [-0.2, 0) is 9.59 Å². The van der Waals surface area contributed by atoms with Gasteiger partial charge in [0.1, 0.15) is 5.75 Å². The van der Waals surface area contributed by atoms with Gasteiger partial charge in [-0.25, -0.2) is 0 Å². The number of piperidine rings is 1. The maximum atomic E-state index is 13.1. The summed E-state index contributed by atoms with van der Waals surface area (Å²) in [7, 11) is 1.65. The second-order valence-electron chi connectivity index (χ2n) is 7.33. The minimum absolute atomic E-state index is 0.000722. The molecule has 0 aliphatic carbocycles. The standard InChI is InChI=1S/C21H32N2O3/c1-6-23(16(4)18-8-7-9-19(14-18)26-5)21(25)17-10-12-22(13-11-17)20(24)15(2)3/h7-9,14-17H,6,10-13H2,1-5H3. The summed E-state index contributed by atoms with van der Waals surface area (Å²) in [6.45, 7) is 9.96. The van der Waals surface area contributed by atoms with E-state index in [-0.39, 0.29) is 29.7 Å². The predicted molar refractivity (Wildman–Crippen MR) is 103 cm³/mol. The van der Waals surface area contributed by atoms with Crippen molar-refractivity contribution < 1.29 is 14.3 Å². The molecule has 1 fully saturated rings. The predicted octanol–water partition coefficient (Wildman–Crippen LogP) is 3.50. The molecule has 0 spiro atoms. The van der Waals surface area contributed by atoms with Crippen LogP contribution in [0.25, 0.3) is 0 Å². The molecule has 1 heterocycles. The fourth-order valence-corrected chi connectivity index (χ4v) is 3.65. The van der Waals surface area contributed by atoms with Gasteiger partial charge in [-0.2, -0.15) is 0 Å². The number of likely N-dealkylation sites (tertiary alicyclic amines) is 1. The van der Waals surface area contributed by atoms with Crippen LogP contribution in [0, 0.1) is 11.8 Å². The number of benzene rings is 1. The van der Waals surface area contributed by atoms with Crippen molar-refractivity contribution in [2.45, 2.75) is 46.6 Å². The van der Waals surface area contributed by atoms with E-state index in [4.69, 9.17) is 4.74 Å². The first-order chi connectivity index (χ1) is 12.4. The molecule has 2 rings (SSSR count). The third-order valence-electron chi connectivity index (χ3n) is 5.32. The molecule has 1 aliphatic heterocycles. The Labute approximate surface area is 157 Å². The Hall–Kier alpha value is -2.04. The molecular weight excluding hydrogens is 328 g/mol. The average Bonchev–Trinajstić information content (AvgIpc) is 2.67. The van der Waals surface area contributed by atoms with Crippen molar-refractivity contribution in [1.29, 1.82) is 0 Å². The number of amides is 2. The number of nitrogens with zero attached hydrogens (tertiary/aromatic N) is 2. The molecular formula is C21H32N2O3. The van der Waals surface area contributed by atoms with Gasteiger partial charge < -0.3 is 14.5 Å². The van der Waals surface area contributed by atoms with E-state index in [1.54, 1.807) is 7.11 Å². The summed E-state index contributed by atoms with van der Waals surface area (Å²) in [5, 5.41) is 0. The Morgan fingerprint density at radius 3 is 2.42 bits per heavy atom. The molecule has 1 aromatic carbocycles. The Morgan fingerprint density at radius 1 is 1.23 bits per heavy atom.